The van der Waals surface area contributed by atoms with Crippen LogP contribution in [0.4, 0.5) is 5.95 Å². The summed E-state index contributed by atoms with van der Waals surface area (Å²) in [7, 11) is 1.66. The predicted octanol–water partition coefficient (Wildman–Crippen LogP) is 5.50. The van der Waals surface area contributed by atoms with E-state index in [9.17, 15) is 0 Å². The molecule has 158 valence electrons. The van der Waals surface area contributed by atoms with Crippen molar-refractivity contribution in [2.75, 3.05) is 12.4 Å². The smallest absolute Gasteiger partial charge is 0.226 e. The number of rotatable bonds is 3. The van der Waals surface area contributed by atoms with Gasteiger partial charge in [0.2, 0.25) is 5.95 Å². The number of halogens is 1. The van der Waals surface area contributed by atoms with E-state index < -0.39 is 0 Å². The van der Waals surface area contributed by atoms with Crippen LogP contribution in [-0.2, 0) is 0 Å². The molecule has 3 heterocycles. The number of methoxy groups -OCH3 is 1. The van der Waals surface area contributed by atoms with Gasteiger partial charge in [0, 0.05) is 16.2 Å². The Morgan fingerprint density at radius 2 is 1.84 bits per heavy atom. The summed E-state index contributed by atoms with van der Waals surface area (Å²) >= 11 is 6.36. The average Bonchev–Trinajstić information content (AvgIpc) is 3.30. The highest BCUT2D eigenvalue weighted by Gasteiger charge is 2.40. The summed E-state index contributed by atoms with van der Waals surface area (Å²) in [4.78, 5) is 4.46. The first kappa shape index (κ1) is 19.0. The lowest BCUT2D eigenvalue weighted by Gasteiger charge is -2.39. The van der Waals surface area contributed by atoms with Crippen molar-refractivity contribution in [1.29, 1.82) is 0 Å². The highest BCUT2D eigenvalue weighted by molar-refractivity contribution is 6.30. The third-order valence-electron chi connectivity index (χ3n) is 5.90. The van der Waals surface area contributed by atoms with E-state index in [0.29, 0.717) is 11.0 Å². The Bertz CT molecular complexity index is 1350. The van der Waals surface area contributed by atoms with Crippen molar-refractivity contribution < 1.29 is 9.47 Å². The molecule has 6 nitrogen and oxygen atoms in total. The van der Waals surface area contributed by atoms with E-state index in [4.69, 9.17) is 21.1 Å². The predicted molar refractivity (Wildman–Crippen MR) is 123 cm³/mol. The zero-order chi connectivity index (χ0) is 21.7. The number of hydrogen-bond donors (Lipinski definition) is 1. The number of hydrogen-bond acceptors (Lipinski definition) is 5. The lowest BCUT2D eigenvalue weighted by Crippen LogP contribution is -2.32. The van der Waals surface area contributed by atoms with Gasteiger partial charge >= 0.3 is 0 Å². The molecule has 0 unspecified atom stereocenters. The number of benzene rings is 3. The van der Waals surface area contributed by atoms with E-state index >= 15 is 0 Å². The van der Waals surface area contributed by atoms with Gasteiger partial charge in [-0.05, 0) is 47.5 Å². The fourth-order valence-electron chi connectivity index (χ4n) is 4.47. The second-order valence-electron chi connectivity index (χ2n) is 7.71. The Balaban J connectivity index is 1.61. The van der Waals surface area contributed by atoms with E-state index in [2.05, 4.69) is 33.6 Å². The first-order valence-corrected chi connectivity index (χ1v) is 10.7. The lowest BCUT2D eigenvalue weighted by atomic mass is 9.84. The van der Waals surface area contributed by atoms with E-state index in [1.54, 1.807) is 13.4 Å². The van der Waals surface area contributed by atoms with Gasteiger partial charge in [-0.25, -0.2) is 4.68 Å². The molecule has 0 fully saturated rings. The molecule has 0 spiro atoms. The molecule has 0 saturated carbocycles. The molecule has 2 aliphatic rings. The molecule has 32 heavy (non-hydrogen) atoms. The molecule has 3 aromatic carbocycles. The van der Waals surface area contributed by atoms with E-state index in [1.165, 1.54) is 0 Å². The Morgan fingerprint density at radius 1 is 1.00 bits per heavy atom. The van der Waals surface area contributed by atoms with Gasteiger partial charge in [-0.15, -0.1) is 0 Å². The number of para-hydroxylation sites is 1. The van der Waals surface area contributed by atoms with Crippen molar-refractivity contribution in [2.24, 2.45) is 0 Å². The Hall–Kier alpha value is -3.77. The number of nitrogens with zero attached hydrogens (tertiary/aromatic N) is 3. The average molecular weight is 443 g/mol. The van der Waals surface area contributed by atoms with Crippen LogP contribution in [0.15, 0.2) is 84.7 Å². The van der Waals surface area contributed by atoms with E-state index in [0.717, 1.165) is 39.5 Å². The maximum atomic E-state index is 6.59. The minimum atomic E-state index is -0.351. The second kappa shape index (κ2) is 7.43. The molecule has 0 saturated heterocycles. The van der Waals surface area contributed by atoms with Crippen LogP contribution in [0.2, 0.25) is 5.02 Å². The molecule has 0 bridgehead atoms. The number of ether oxygens (including phenoxy) is 2. The molecule has 4 aromatic rings. The standard InChI is InChI=1S/C25H19ClN4O2/c1-31-18-11-9-15(10-12-18)23-21-22(29-25-27-14-28-30(23)25)19-7-2-3-8-20(19)32-24(21)16-5-4-6-17(26)13-16/h2-14,23-24H,1H3,(H,27,28,29)/t23-,24-/m1/s1. The minimum absolute atomic E-state index is 0.216. The molecule has 1 aromatic heterocycles. The van der Waals surface area contributed by atoms with Crippen molar-refractivity contribution in [3.8, 4) is 11.5 Å². The van der Waals surface area contributed by atoms with E-state index in [1.807, 2.05) is 59.3 Å². The van der Waals surface area contributed by atoms with Gasteiger partial charge in [0.05, 0.1) is 12.8 Å². The van der Waals surface area contributed by atoms with Crippen LogP contribution in [0.5, 0.6) is 11.5 Å². The third-order valence-corrected chi connectivity index (χ3v) is 6.14. The van der Waals surface area contributed by atoms with Crippen LogP contribution in [0.3, 0.4) is 0 Å². The van der Waals surface area contributed by atoms with Crippen LogP contribution in [0, 0.1) is 0 Å². The number of fused-ring (bicyclic) bond motifs is 3. The van der Waals surface area contributed by atoms with Crippen LogP contribution >= 0.6 is 11.6 Å². The largest absolute Gasteiger partial charge is 0.497 e. The van der Waals surface area contributed by atoms with Crippen molar-refractivity contribution in [3.05, 3.63) is 106 Å². The number of aromatic nitrogens is 3. The van der Waals surface area contributed by atoms with Crippen molar-refractivity contribution in [1.82, 2.24) is 14.8 Å². The summed E-state index contributed by atoms with van der Waals surface area (Å²) in [6, 6.07) is 23.6. The zero-order valence-corrected chi connectivity index (χ0v) is 18.0. The molecule has 2 aliphatic heterocycles. The van der Waals surface area contributed by atoms with E-state index in [-0.39, 0.29) is 12.1 Å². The lowest BCUT2D eigenvalue weighted by molar-refractivity contribution is 0.223. The Kier molecular flexibility index (Phi) is 4.40. The zero-order valence-electron chi connectivity index (χ0n) is 17.2. The molecule has 7 heteroatoms. The molecular formula is C25H19ClN4O2. The quantitative estimate of drug-likeness (QED) is 0.454. The molecule has 0 amide bonds. The van der Waals surface area contributed by atoms with Crippen LogP contribution in [0.1, 0.15) is 28.8 Å². The fourth-order valence-corrected chi connectivity index (χ4v) is 4.67. The van der Waals surface area contributed by atoms with Gasteiger partial charge in [0.1, 0.15) is 30.0 Å². The third kappa shape index (κ3) is 2.95. The molecule has 0 radical (unpaired) electrons. The van der Waals surface area contributed by atoms with Gasteiger partial charge in [-0.2, -0.15) is 10.1 Å². The number of anilines is 1. The van der Waals surface area contributed by atoms with Gasteiger partial charge in [0.15, 0.2) is 0 Å². The first-order chi connectivity index (χ1) is 15.7. The molecule has 6 rings (SSSR count). The molecule has 2 atom stereocenters. The van der Waals surface area contributed by atoms with Crippen LogP contribution < -0.4 is 14.8 Å². The molecular weight excluding hydrogens is 424 g/mol. The van der Waals surface area contributed by atoms with Crippen LogP contribution in [-0.4, -0.2) is 21.9 Å². The maximum Gasteiger partial charge on any atom is 0.226 e. The summed E-state index contributed by atoms with van der Waals surface area (Å²) in [5.74, 6) is 2.30. The fraction of sp³-hybridized carbons (Fsp3) is 0.120. The topological polar surface area (TPSA) is 61.2 Å². The van der Waals surface area contributed by atoms with Crippen molar-refractivity contribution >= 4 is 23.2 Å². The highest BCUT2D eigenvalue weighted by atomic mass is 35.5. The monoisotopic (exact) mass is 442 g/mol. The normalized spacial score (nSPS) is 18.7. The number of nitrogens with one attached hydrogen (secondary N) is 1. The van der Waals surface area contributed by atoms with Gasteiger partial charge in [0.25, 0.3) is 0 Å². The van der Waals surface area contributed by atoms with Gasteiger partial charge in [-0.1, -0.05) is 48.0 Å². The van der Waals surface area contributed by atoms with Crippen molar-refractivity contribution in [3.63, 3.8) is 0 Å². The molecule has 1 N–H and O–H groups in total. The SMILES string of the molecule is COc1ccc([C@@H]2C3=C(Nc4ncnn42)c2ccccc2O[C@@H]3c2cccc(Cl)c2)cc1. The Labute approximate surface area is 190 Å². The first-order valence-electron chi connectivity index (χ1n) is 10.3. The van der Waals surface area contributed by atoms with Gasteiger partial charge < -0.3 is 14.8 Å². The van der Waals surface area contributed by atoms with Crippen molar-refractivity contribution in [2.45, 2.75) is 12.1 Å². The summed E-state index contributed by atoms with van der Waals surface area (Å²) in [6.45, 7) is 0. The molecule has 0 aliphatic carbocycles. The second-order valence-corrected chi connectivity index (χ2v) is 8.14. The Morgan fingerprint density at radius 3 is 2.66 bits per heavy atom. The van der Waals surface area contributed by atoms with Crippen LogP contribution in [0.25, 0.3) is 5.70 Å². The summed E-state index contributed by atoms with van der Waals surface area (Å²) in [6.07, 6.45) is 1.22. The summed E-state index contributed by atoms with van der Waals surface area (Å²) in [5, 5.41) is 8.71. The summed E-state index contributed by atoms with van der Waals surface area (Å²) in [5.41, 5.74) is 5.06. The summed E-state index contributed by atoms with van der Waals surface area (Å²) < 4.78 is 13.9. The highest BCUT2D eigenvalue weighted by Crippen LogP contribution is 2.50. The maximum absolute atomic E-state index is 6.59. The van der Waals surface area contributed by atoms with Gasteiger partial charge in [-0.3, -0.25) is 0 Å². The minimum Gasteiger partial charge on any atom is -0.497 e.